The molecule has 2 N–H and O–H groups in total. The van der Waals surface area contributed by atoms with Gasteiger partial charge in [-0.2, -0.15) is 0 Å². The number of hydrogen-bond acceptors (Lipinski definition) is 4. The van der Waals surface area contributed by atoms with E-state index in [0.717, 1.165) is 11.3 Å². The summed E-state index contributed by atoms with van der Waals surface area (Å²) in [6.45, 7) is 3.91. The minimum atomic E-state index is -1.05. The van der Waals surface area contributed by atoms with Gasteiger partial charge in [0, 0.05) is 30.5 Å². The number of nitrogens with zero attached hydrogens (tertiary/aromatic N) is 1. The van der Waals surface area contributed by atoms with Crippen LogP contribution >= 0.6 is 11.8 Å². The van der Waals surface area contributed by atoms with E-state index in [4.69, 9.17) is 0 Å². The van der Waals surface area contributed by atoms with Crippen molar-refractivity contribution in [2.45, 2.75) is 38.6 Å². The van der Waals surface area contributed by atoms with Gasteiger partial charge >= 0.3 is 5.97 Å². The number of aliphatic carboxylic acids is 1. The molecule has 110 valence electrons. The average Bonchev–Trinajstić information content (AvgIpc) is 2.63. The van der Waals surface area contributed by atoms with Crippen LogP contribution in [0.3, 0.4) is 0 Å². The van der Waals surface area contributed by atoms with Crippen molar-refractivity contribution in [2.24, 2.45) is 0 Å². The highest BCUT2D eigenvalue weighted by molar-refractivity contribution is 8.03. The fraction of sp³-hybridized carbons (Fsp3) is 0.615. The zero-order chi connectivity index (χ0) is 14.9. The Morgan fingerprint density at radius 2 is 2.15 bits per heavy atom. The summed E-state index contributed by atoms with van der Waals surface area (Å²) in [7, 11) is 0. The predicted octanol–water partition coefficient (Wildman–Crippen LogP) is 0.937. The number of fused-ring (bicyclic) bond motifs is 1. The van der Waals surface area contributed by atoms with Gasteiger partial charge in [-0.15, -0.1) is 11.8 Å². The Hall–Kier alpha value is -1.50. The maximum absolute atomic E-state index is 11.7. The molecule has 0 spiro atoms. The summed E-state index contributed by atoms with van der Waals surface area (Å²) < 4.78 is 0. The minimum absolute atomic E-state index is 0.103. The standard InChI is InChI=1S/C13H18N2O4S/c1-3-13-6-9(20-5-4-14-8(2)16)11(12(18)19)15(13)10(17)7-13/h3-7H2,1-2H3,(H,14,16)(H,18,19). The molecule has 0 aromatic heterocycles. The van der Waals surface area contributed by atoms with Crippen molar-refractivity contribution in [3.8, 4) is 0 Å². The molecule has 2 heterocycles. The SMILES string of the molecule is CCC12CC(=O)N1C(C(=O)O)=C(SCCNC(C)=O)C2. The van der Waals surface area contributed by atoms with Gasteiger partial charge in [-0.3, -0.25) is 14.5 Å². The van der Waals surface area contributed by atoms with Crippen LogP contribution in [-0.4, -0.2) is 45.6 Å². The number of carbonyl (C=O) groups is 3. The molecule has 2 amide bonds. The number of carbonyl (C=O) groups excluding carboxylic acids is 2. The molecule has 0 aromatic rings. The minimum Gasteiger partial charge on any atom is -0.477 e. The van der Waals surface area contributed by atoms with Crippen LogP contribution in [0.25, 0.3) is 0 Å². The van der Waals surface area contributed by atoms with Crippen LogP contribution in [0.4, 0.5) is 0 Å². The molecule has 0 saturated carbocycles. The first-order valence-corrected chi connectivity index (χ1v) is 7.56. The molecule has 0 radical (unpaired) electrons. The summed E-state index contributed by atoms with van der Waals surface area (Å²) in [5.41, 5.74) is -0.183. The fourth-order valence-electron chi connectivity index (χ4n) is 2.77. The second-order valence-electron chi connectivity index (χ2n) is 5.07. The molecule has 6 nitrogen and oxygen atoms in total. The lowest BCUT2D eigenvalue weighted by atomic mass is 9.81. The normalized spacial score (nSPS) is 24.5. The van der Waals surface area contributed by atoms with Gasteiger partial charge in [0.15, 0.2) is 0 Å². The zero-order valence-corrected chi connectivity index (χ0v) is 12.4. The van der Waals surface area contributed by atoms with Crippen LogP contribution < -0.4 is 5.32 Å². The smallest absolute Gasteiger partial charge is 0.353 e. The third kappa shape index (κ3) is 2.42. The van der Waals surface area contributed by atoms with Crippen LogP contribution in [0.1, 0.15) is 33.1 Å². The van der Waals surface area contributed by atoms with Crippen molar-refractivity contribution in [1.82, 2.24) is 10.2 Å². The Morgan fingerprint density at radius 1 is 1.45 bits per heavy atom. The van der Waals surface area contributed by atoms with Crippen LogP contribution in [0.15, 0.2) is 10.6 Å². The molecule has 0 aromatic carbocycles. The van der Waals surface area contributed by atoms with Crippen molar-refractivity contribution < 1.29 is 19.5 Å². The van der Waals surface area contributed by atoms with E-state index in [0.29, 0.717) is 25.1 Å². The van der Waals surface area contributed by atoms with Crippen LogP contribution in [0.2, 0.25) is 0 Å². The second-order valence-corrected chi connectivity index (χ2v) is 6.26. The molecule has 2 aliphatic rings. The summed E-state index contributed by atoms with van der Waals surface area (Å²) in [5, 5.41) is 12.0. The largest absolute Gasteiger partial charge is 0.477 e. The summed E-state index contributed by atoms with van der Waals surface area (Å²) in [6.07, 6.45) is 1.79. The van der Waals surface area contributed by atoms with E-state index in [1.807, 2.05) is 6.92 Å². The summed E-state index contributed by atoms with van der Waals surface area (Å²) in [6, 6.07) is 0. The van der Waals surface area contributed by atoms with E-state index in [9.17, 15) is 19.5 Å². The molecule has 20 heavy (non-hydrogen) atoms. The van der Waals surface area contributed by atoms with Crippen LogP contribution in [0, 0.1) is 0 Å². The Morgan fingerprint density at radius 3 is 2.65 bits per heavy atom. The highest BCUT2D eigenvalue weighted by Gasteiger charge is 2.57. The second kappa shape index (κ2) is 5.47. The van der Waals surface area contributed by atoms with Gasteiger partial charge in [-0.05, 0) is 6.42 Å². The van der Waals surface area contributed by atoms with E-state index in [1.165, 1.54) is 23.6 Å². The molecule has 1 saturated heterocycles. The zero-order valence-electron chi connectivity index (χ0n) is 11.6. The first-order valence-electron chi connectivity index (χ1n) is 6.58. The third-order valence-electron chi connectivity index (χ3n) is 3.79. The highest BCUT2D eigenvalue weighted by Crippen LogP contribution is 2.52. The Bertz CT molecular complexity index is 503. The van der Waals surface area contributed by atoms with Crippen molar-refractivity contribution in [3.63, 3.8) is 0 Å². The van der Waals surface area contributed by atoms with Gasteiger partial charge in [0.25, 0.3) is 0 Å². The molecule has 0 bridgehead atoms. The predicted molar refractivity (Wildman–Crippen MR) is 74.9 cm³/mol. The Labute approximate surface area is 121 Å². The van der Waals surface area contributed by atoms with Crippen molar-refractivity contribution in [2.75, 3.05) is 12.3 Å². The van der Waals surface area contributed by atoms with Gasteiger partial charge in [0.1, 0.15) is 5.70 Å². The Balaban J connectivity index is 2.08. The molecule has 1 fully saturated rings. The number of hydrogen-bond donors (Lipinski definition) is 2. The molecular formula is C13H18N2O4S. The molecule has 2 aliphatic heterocycles. The van der Waals surface area contributed by atoms with E-state index < -0.39 is 5.97 Å². The lowest BCUT2D eigenvalue weighted by molar-refractivity contribution is -0.155. The average molecular weight is 298 g/mol. The van der Waals surface area contributed by atoms with E-state index in [-0.39, 0.29) is 23.1 Å². The molecular weight excluding hydrogens is 280 g/mol. The van der Waals surface area contributed by atoms with Crippen molar-refractivity contribution in [3.05, 3.63) is 10.6 Å². The molecule has 1 atom stereocenters. The van der Waals surface area contributed by atoms with Crippen molar-refractivity contribution >= 4 is 29.5 Å². The van der Waals surface area contributed by atoms with Crippen molar-refractivity contribution in [1.29, 1.82) is 0 Å². The quantitative estimate of drug-likeness (QED) is 0.563. The topological polar surface area (TPSA) is 86.7 Å². The Kier molecular flexibility index (Phi) is 4.08. The monoisotopic (exact) mass is 298 g/mol. The molecule has 0 aliphatic carbocycles. The maximum Gasteiger partial charge on any atom is 0.353 e. The van der Waals surface area contributed by atoms with Gasteiger partial charge < -0.3 is 10.4 Å². The number of carboxylic acids is 1. The fourth-order valence-corrected chi connectivity index (χ4v) is 3.90. The number of amides is 2. The van der Waals surface area contributed by atoms with Gasteiger partial charge in [-0.1, -0.05) is 6.92 Å². The van der Waals surface area contributed by atoms with Crippen LogP contribution in [0.5, 0.6) is 0 Å². The molecule has 7 heteroatoms. The number of β-lactam (4-membered cyclic amide) rings is 1. The van der Waals surface area contributed by atoms with E-state index in [1.54, 1.807) is 0 Å². The number of nitrogens with one attached hydrogen (secondary N) is 1. The highest BCUT2D eigenvalue weighted by atomic mass is 32.2. The van der Waals surface area contributed by atoms with E-state index >= 15 is 0 Å². The number of thioether (sulfide) groups is 1. The number of carboxylic acid groups (broad SMARTS) is 1. The lowest BCUT2D eigenvalue weighted by Gasteiger charge is -2.47. The van der Waals surface area contributed by atoms with Crippen LogP contribution in [-0.2, 0) is 14.4 Å². The summed E-state index contributed by atoms with van der Waals surface area (Å²) in [5.74, 6) is -0.654. The first-order chi connectivity index (χ1) is 9.41. The number of rotatable bonds is 6. The van der Waals surface area contributed by atoms with Gasteiger partial charge in [0.05, 0.1) is 12.0 Å². The first kappa shape index (κ1) is 14.9. The summed E-state index contributed by atoms with van der Waals surface area (Å²) in [4.78, 5) is 36.1. The van der Waals surface area contributed by atoms with Gasteiger partial charge in [-0.25, -0.2) is 4.79 Å². The molecule has 2 rings (SSSR count). The van der Waals surface area contributed by atoms with Gasteiger partial charge in [0.2, 0.25) is 11.8 Å². The summed E-state index contributed by atoms with van der Waals surface area (Å²) >= 11 is 1.42. The van der Waals surface area contributed by atoms with E-state index in [2.05, 4.69) is 5.32 Å². The third-order valence-corrected chi connectivity index (χ3v) is 4.89. The maximum atomic E-state index is 11.7. The lowest BCUT2D eigenvalue weighted by Crippen LogP contribution is -2.60. The molecule has 1 unspecified atom stereocenters.